The van der Waals surface area contributed by atoms with Gasteiger partial charge in [0.05, 0.1) is 28.2 Å². The van der Waals surface area contributed by atoms with Crippen LogP contribution in [0.5, 0.6) is 0 Å². The lowest BCUT2D eigenvalue weighted by Gasteiger charge is -2.31. The lowest BCUT2D eigenvalue weighted by molar-refractivity contribution is 0.0695. The van der Waals surface area contributed by atoms with Crippen LogP contribution in [0, 0.1) is 5.82 Å². The van der Waals surface area contributed by atoms with Crippen molar-refractivity contribution in [1.29, 1.82) is 0 Å². The van der Waals surface area contributed by atoms with Gasteiger partial charge in [0, 0.05) is 38.1 Å². The molecule has 0 bridgehead atoms. The average molecular weight is 483 g/mol. The number of benzene rings is 2. The zero-order chi connectivity index (χ0) is 23.8. The van der Waals surface area contributed by atoms with Crippen molar-refractivity contribution in [2.75, 3.05) is 31.1 Å². The molecule has 1 aliphatic heterocycles. The summed E-state index contributed by atoms with van der Waals surface area (Å²) in [5.41, 5.74) is 0.732. The largest absolute Gasteiger partial charge is 0.477 e. The van der Waals surface area contributed by atoms with Gasteiger partial charge in [0.1, 0.15) is 24.0 Å². The van der Waals surface area contributed by atoms with E-state index in [1.807, 2.05) is 17.0 Å². The van der Waals surface area contributed by atoms with Crippen LogP contribution in [-0.4, -0.2) is 56.6 Å². The van der Waals surface area contributed by atoms with Crippen LogP contribution in [0.4, 0.5) is 10.1 Å². The fourth-order valence-electron chi connectivity index (χ4n) is 4.20. The molecule has 0 unspecified atom stereocenters. The molecule has 3 heterocycles. The third-order valence-corrected chi connectivity index (χ3v) is 6.20. The Kier molecular flexibility index (Phi) is 5.76. The van der Waals surface area contributed by atoms with Crippen LogP contribution >= 0.6 is 11.6 Å². The van der Waals surface area contributed by atoms with Crippen LogP contribution < -0.4 is 15.6 Å². The number of hydrogen-bond donors (Lipinski definition) is 2. The summed E-state index contributed by atoms with van der Waals surface area (Å²) in [6, 6.07) is 8.37. The minimum Gasteiger partial charge on any atom is -0.477 e. The maximum absolute atomic E-state index is 15.2. The van der Waals surface area contributed by atoms with E-state index in [1.54, 1.807) is 23.1 Å². The van der Waals surface area contributed by atoms with E-state index >= 15 is 4.39 Å². The van der Waals surface area contributed by atoms with Crippen LogP contribution in [0.2, 0.25) is 5.02 Å². The zero-order valence-corrected chi connectivity index (χ0v) is 18.7. The number of anilines is 1. The van der Waals surface area contributed by atoms with Crippen LogP contribution in [0.1, 0.15) is 15.9 Å². The van der Waals surface area contributed by atoms with E-state index in [9.17, 15) is 14.7 Å². The summed E-state index contributed by atoms with van der Waals surface area (Å²) in [4.78, 5) is 30.5. The average Bonchev–Trinajstić information content (AvgIpc) is 3.34. The second kappa shape index (κ2) is 8.88. The number of piperazine rings is 1. The van der Waals surface area contributed by atoms with Gasteiger partial charge in [-0.2, -0.15) is 5.10 Å². The van der Waals surface area contributed by atoms with E-state index in [-0.39, 0.29) is 21.6 Å². The van der Waals surface area contributed by atoms with E-state index in [1.165, 1.54) is 17.1 Å². The highest BCUT2D eigenvalue weighted by Crippen LogP contribution is 2.36. The lowest BCUT2D eigenvalue weighted by Crippen LogP contribution is -2.44. The third kappa shape index (κ3) is 3.91. The Bertz CT molecular complexity index is 1430. The topological polar surface area (TPSA) is 105 Å². The number of pyridine rings is 1. The Morgan fingerprint density at radius 3 is 2.59 bits per heavy atom. The zero-order valence-electron chi connectivity index (χ0n) is 17.9. The fraction of sp³-hybridized carbons (Fsp3) is 0.217. The number of aromatic carboxylic acids is 1. The second-order valence-corrected chi connectivity index (χ2v) is 8.34. The van der Waals surface area contributed by atoms with Gasteiger partial charge in [-0.05, 0) is 23.8 Å². The van der Waals surface area contributed by atoms with Crippen molar-refractivity contribution in [3.63, 3.8) is 0 Å². The van der Waals surface area contributed by atoms with Crippen LogP contribution in [0.25, 0.3) is 16.6 Å². The minimum absolute atomic E-state index is 0.0673. The van der Waals surface area contributed by atoms with E-state index in [4.69, 9.17) is 11.6 Å². The van der Waals surface area contributed by atoms with Gasteiger partial charge in [-0.15, -0.1) is 0 Å². The minimum atomic E-state index is -1.40. The number of rotatable bonds is 5. The van der Waals surface area contributed by atoms with Crippen LogP contribution in [0.3, 0.4) is 0 Å². The maximum Gasteiger partial charge on any atom is 0.341 e. The molecule has 1 saturated heterocycles. The molecule has 34 heavy (non-hydrogen) atoms. The van der Waals surface area contributed by atoms with Crippen molar-refractivity contribution >= 4 is 34.2 Å². The molecule has 5 rings (SSSR count). The molecule has 0 spiro atoms. The number of nitrogens with zero attached hydrogens (tertiary/aromatic N) is 5. The summed E-state index contributed by atoms with van der Waals surface area (Å²) in [5.74, 6) is -2.06. The smallest absolute Gasteiger partial charge is 0.341 e. The summed E-state index contributed by atoms with van der Waals surface area (Å²) in [6.45, 7) is 2.95. The highest BCUT2D eigenvalue weighted by Gasteiger charge is 2.25. The molecule has 2 aromatic heterocycles. The number of halogens is 2. The SMILES string of the molecule is O=C(O)c1cn(-c2ccc(Cn3cncn3)cc2)c2c(Cl)c(N3CCNCC3)c(F)cc2c1=O. The number of hydrogen-bond acceptors (Lipinski definition) is 6. The van der Waals surface area contributed by atoms with Gasteiger partial charge < -0.3 is 19.9 Å². The van der Waals surface area contributed by atoms with Crippen molar-refractivity contribution in [1.82, 2.24) is 24.6 Å². The van der Waals surface area contributed by atoms with Gasteiger partial charge >= 0.3 is 5.97 Å². The molecule has 0 atom stereocenters. The van der Waals surface area contributed by atoms with E-state index < -0.39 is 22.8 Å². The first kappa shape index (κ1) is 22.1. The predicted octanol–water partition coefficient (Wildman–Crippen LogP) is 2.53. The van der Waals surface area contributed by atoms with Gasteiger partial charge in [0.2, 0.25) is 5.43 Å². The number of carbonyl (C=O) groups is 1. The van der Waals surface area contributed by atoms with Crippen LogP contribution in [-0.2, 0) is 6.54 Å². The summed E-state index contributed by atoms with van der Waals surface area (Å²) in [6.07, 6.45) is 4.30. The molecule has 4 aromatic rings. The van der Waals surface area contributed by atoms with E-state index in [0.29, 0.717) is 38.4 Å². The standard InChI is InChI=1S/C23H20ClFN6O3/c24-19-20-16(9-18(25)21(19)29-7-5-26-6-8-29)22(32)17(23(33)34)11-31(20)15-3-1-14(2-4-15)10-30-13-27-12-28-30/h1-4,9,11-13,26H,5-8,10H2,(H,33,34). The first-order valence-electron chi connectivity index (χ1n) is 10.6. The Morgan fingerprint density at radius 1 is 1.21 bits per heavy atom. The van der Waals surface area contributed by atoms with Crippen LogP contribution in [0.15, 0.2) is 54.0 Å². The number of aromatic nitrogens is 4. The second-order valence-electron chi connectivity index (χ2n) is 7.96. The monoisotopic (exact) mass is 482 g/mol. The van der Waals surface area contributed by atoms with Gasteiger partial charge in [0.15, 0.2) is 0 Å². The van der Waals surface area contributed by atoms with Gasteiger partial charge in [0.25, 0.3) is 0 Å². The fourth-order valence-corrected chi connectivity index (χ4v) is 4.60. The molecule has 1 fully saturated rings. The van der Waals surface area contributed by atoms with Crippen molar-refractivity contribution < 1.29 is 14.3 Å². The van der Waals surface area contributed by atoms with Crippen molar-refractivity contribution in [3.8, 4) is 5.69 Å². The Labute approximate surface area is 198 Å². The molecule has 1 aliphatic rings. The Morgan fingerprint density at radius 2 is 1.94 bits per heavy atom. The Hall–Kier alpha value is -3.76. The summed E-state index contributed by atoms with van der Waals surface area (Å²) >= 11 is 6.74. The van der Waals surface area contributed by atoms with Crippen molar-refractivity contribution in [2.24, 2.45) is 0 Å². The summed E-state index contributed by atoms with van der Waals surface area (Å²) in [5, 5.41) is 16.9. The number of carboxylic acids is 1. The molecule has 0 amide bonds. The molecule has 2 N–H and O–H groups in total. The maximum atomic E-state index is 15.2. The molecular weight excluding hydrogens is 463 g/mol. The lowest BCUT2D eigenvalue weighted by atomic mass is 10.1. The molecule has 9 nitrogen and oxygen atoms in total. The molecule has 0 aliphatic carbocycles. The molecule has 2 aromatic carbocycles. The molecule has 174 valence electrons. The van der Waals surface area contributed by atoms with E-state index in [0.717, 1.165) is 11.6 Å². The highest BCUT2D eigenvalue weighted by atomic mass is 35.5. The van der Waals surface area contributed by atoms with Crippen molar-refractivity contribution in [2.45, 2.75) is 6.54 Å². The quantitative estimate of drug-likeness (QED) is 0.450. The summed E-state index contributed by atoms with van der Waals surface area (Å²) in [7, 11) is 0. The Balaban J connectivity index is 1.70. The molecule has 0 radical (unpaired) electrons. The molecule has 0 saturated carbocycles. The van der Waals surface area contributed by atoms with E-state index in [2.05, 4.69) is 15.4 Å². The molecule has 11 heteroatoms. The number of nitrogens with one attached hydrogen (secondary N) is 1. The number of fused-ring (bicyclic) bond motifs is 1. The third-order valence-electron chi connectivity index (χ3n) is 5.85. The normalized spacial score (nSPS) is 14.0. The van der Waals surface area contributed by atoms with Gasteiger partial charge in [-0.1, -0.05) is 23.7 Å². The van der Waals surface area contributed by atoms with Gasteiger partial charge in [-0.3, -0.25) is 4.79 Å². The highest BCUT2D eigenvalue weighted by molar-refractivity contribution is 6.38. The first-order chi connectivity index (χ1) is 16.4. The number of carboxylic acid groups (broad SMARTS) is 1. The first-order valence-corrected chi connectivity index (χ1v) is 11.0. The molecular formula is C23H20ClFN6O3. The van der Waals surface area contributed by atoms with Gasteiger partial charge in [-0.25, -0.2) is 18.9 Å². The predicted molar refractivity (Wildman–Crippen MR) is 126 cm³/mol. The van der Waals surface area contributed by atoms with Crippen molar-refractivity contribution in [3.05, 3.63) is 81.4 Å². The summed E-state index contributed by atoms with van der Waals surface area (Å²) < 4.78 is 18.4.